The van der Waals surface area contributed by atoms with Crippen LogP contribution in [0.25, 0.3) is 0 Å². The molecule has 1 heterocycles. The molecule has 1 aromatic carbocycles. The molecule has 2 aliphatic rings. The van der Waals surface area contributed by atoms with E-state index >= 15 is 0 Å². The van der Waals surface area contributed by atoms with Gasteiger partial charge in [0.15, 0.2) is 0 Å². The van der Waals surface area contributed by atoms with Gasteiger partial charge >= 0.3 is 0 Å². The van der Waals surface area contributed by atoms with Crippen LogP contribution in [-0.4, -0.2) is 6.61 Å². The highest BCUT2D eigenvalue weighted by atomic mass is 16.5. The summed E-state index contributed by atoms with van der Waals surface area (Å²) < 4.78 is 6.12. The number of ether oxygens (including phenoxy) is 1. The quantitative estimate of drug-likeness (QED) is 0.753. The molecule has 0 N–H and O–H groups in total. The van der Waals surface area contributed by atoms with Gasteiger partial charge in [0, 0.05) is 11.3 Å². The molecule has 0 spiro atoms. The first-order chi connectivity index (χ1) is 9.11. The molecular weight excluding hydrogens is 232 g/mol. The molecule has 3 atom stereocenters. The van der Waals surface area contributed by atoms with Crippen molar-refractivity contribution in [3.05, 3.63) is 59.7 Å². The van der Waals surface area contributed by atoms with E-state index in [1.165, 1.54) is 11.1 Å². The minimum absolute atomic E-state index is 0.0970. The Morgan fingerprint density at radius 3 is 2.63 bits per heavy atom. The van der Waals surface area contributed by atoms with E-state index in [-0.39, 0.29) is 11.5 Å². The first-order valence-corrected chi connectivity index (χ1v) is 7.19. The smallest absolute Gasteiger partial charge is 0.0919 e. The summed E-state index contributed by atoms with van der Waals surface area (Å²) in [4.78, 5) is 0. The lowest BCUT2D eigenvalue weighted by atomic mass is 9.69. The summed E-state index contributed by atoms with van der Waals surface area (Å²) in [5, 5.41) is 0. The Morgan fingerprint density at radius 2 is 1.95 bits per heavy atom. The lowest BCUT2D eigenvalue weighted by Gasteiger charge is -2.34. The van der Waals surface area contributed by atoms with Gasteiger partial charge in [-0.2, -0.15) is 0 Å². The van der Waals surface area contributed by atoms with Gasteiger partial charge in [0.25, 0.3) is 0 Å². The Bertz CT molecular complexity index is 512. The summed E-state index contributed by atoms with van der Waals surface area (Å²) in [5.74, 6) is 1.09. The van der Waals surface area contributed by atoms with Crippen molar-refractivity contribution in [1.82, 2.24) is 0 Å². The van der Waals surface area contributed by atoms with Crippen molar-refractivity contribution in [2.24, 2.45) is 17.3 Å². The molecule has 1 nitrogen and oxygen atoms in total. The van der Waals surface area contributed by atoms with Crippen LogP contribution in [0.1, 0.15) is 32.4 Å². The molecule has 1 saturated heterocycles. The largest absolute Gasteiger partial charge is 0.372 e. The summed E-state index contributed by atoms with van der Waals surface area (Å²) in [6.45, 7) is 7.66. The van der Waals surface area contributed by atoms with E-state index < -0.39 is 0 Å². The summed E-state index contributed by atoms with van der Waals surface area (Å²) in [6.07, 6.45) is 7.27. The number of hydrogen-bond acceptors (Lipinski definition) is 1. The summed E-state index contributed by atoms with van der Waals surface area (Å²) in [7, 11) is 0. The predicted octanol–water partition coefficient (Wildman–Crippen LogP) is 4.53. The van der Waals surface area contributed by atoms with Gasteiger partial charge in [-0.05, 0) is 17.1 Å². The number of fused-ring (bicyclic) bond motifs is 1. The van der Waals surface area contributed by atoms with Crippen LogP contribution in [-0.2, 0) is 4.74 Å². The van der Waals surface area contributed by atoms with Crippen LogP contribution < -0.4 is 0 Å². The molecule has 3 rings (SSSR count). The number of benzene rings is 1. The van der Waals surface area contributed by atoms with Gasteiger partial charge in [-0.25, -0.2) is 0 Å². The van der Waals surface area contributed by atoms with E-state index in [1.807, 2.05) is 0 Å². The van der Waals surface area contributed by atoms with Gasteiger partial charge in [-0.15, -0.1) is 0 Å². The Hall–Kier alpha value is -1.34. The lowest BCUT2D eigenvalue weighted by Crippen LogP contribution is -2.27. The highest BCUT2D eigenvalue weighted by Gasteiger charge is 2.47. The lowest BCUT2D eigenvalue weighted by molar-refractivity contribution is 0.0739. The first kappa shape index (κ1) is 12.7. The average Bonchev–Trinajstić information content (AvgIpc) is 2.75. The van der Waals surface area contributed by atoms with Crippen molar-refractivity contribution in [1.29, 1.82) is 0 Å². The maximum absolute atomic E-state index is 6.12. The van der Waals surface area contributed by atoms with E-state index in [1.54, 1.807) is 0 Å². The molecule has 0 amide bonds. The highest BCUT2D eigenvalue weighted by molar-refractivity contribution is 5.35. The van der Waals surface area contributed by atoms with Crippen LogP contribution in [0.2, 0.25) is 0 Å². The molecule has 0 bridgehead atoms. The van der Waals surface area contributed by atoms with E-state index in [9.17, 15) is 0 Å². The molecule has 1 aromatic rings. The Kier molecular flexibility index (Phi) is 3.10. The van der Waals surface area contributed by atoms with Crippen LogP contribution in [0.3, 0.4) is 0 Å². The third-order valence-corrected chi connectivity index (χ3v) is 4.60. The zero-order valence-electron chi connectivity index (χ0n) is 12.0. The Morgan fingerprint density at radius 1 is 1.21 bits per heavy atom. The van der Waals surface area contributed by atoms with Gasteiger partial charge < -0.3 is 4.74 Å². The van der Waals surface area contributed by atoms with Crippen molar-refractivity contribution >= 4 is 0 Å². The van der Waals surface area contributed by atoms with Gasteiger partial charge in [-0.3, -0.25) is 0 Å². The van der Waals surface area contributed by atoms with Crippen molar-refractivity contribution in [2.75, 3.05) is 6.61 Å². The highest BCUT2D eigenvalue weighted by Crippen LogP contribution is 2.52. The first-order valence-electron chi connectivity index (χ1n) is 7.19. The van der Waals surface area contributed by atoms with Gasteiger partial charge in [0.1, 0.15) is 0 Å². The number of hydrogen-bond donors (Lipinski definition) is 0. The van der Waals surface area contributed by atoms with Crippen LogP contribution in [0, 0.1) is 17.3 Å². The molecule has 0 saturated carbocycles. The van der Waals surface area contributed by atoms with Crippen LogP contribution >= 0.6 is 0 Å². The third-order valence-electron chi connectivity index (χ3n) is 4.60. The van der Waals surface area contributed by atoms with E-state index in [0.29, 0.717) is 11.8 Å². The van der Waals surface area contributed by atoms with Crippen molar-refractivity contribution < 1.29 is 4.74 Å². The fraction of sp³-hybridized carbons (Fsp3) is 0.444. The standard InChI is InChI=1S/C18H22O/c1-13(2)15-9-10-18(3)16(11-15)12-19-17(18)14-7-5-4-6-8-14/h4-11,13,16-17H,12H2,1-3H3. The number of allylic oxidation sites excluding steroid dienone is 2. The Labute approximate surface area is 116 Å². The molecule has 100 valence electrons. The third kappa shape index (κ3) is 2.06. The molecule has 1 fully saturated rings. The second-order valence-electron chi connectivity index (χ2n) is 6.25. The molecule has 3 unspecified atom stereocenters. The molecule has 1 aliphatic heterocycles. The van der Waals surface area contributed by atoms with Crippen LogP contribution in [0.5, 0.6) is 0 Å². The fourth-order valence-corrected chi connectivity index (χ4v) is 3.22. The van der Waals surface area contributed by atoms with Gasteiger partial charge in [0.05, 0.1) is 12.7 Å². The SMILES string of the molecule is CC(C)C1=CC2COC(c3ccccc3)C2(C)C=C1. The number of rotatable bonds is 2. The Balaban J connectivity index is 1.93. The minimum Gasteiger partial charge on any atom is -0.372 e. The molecule has 1 aliphatic carbocycles. The van der Waals surface area contributed by atoms with Crippen molar-refractivity contribution in [3.8, 4) is 0 Å². The molecule has 1 heteroatoms. The topological polar surface area (TPSA) is 9.23 Å². The second-order valence-corrected chi connectivity index (χ2v) is 6.25. The zero-order valence-corrected chi connectivity index (χ0v) is 12.0. The summed E-state index contributed by atoms with van der Waals surface area (Å²) in [6, 6.07) is 10.6. The van der Waals surface area contributed by atoms with Crippen LogP contribution in [0.4, 0.5) is 0 Å². The second kappa shape index (κ2) is 4.64. The molecule has 0 radical (unpaired) electrons. The van der Waals surface area contributed by atoms with Crippen molar-refractivity contribution in [3.63, 3.8) is 0 Å². The van der Waals surface area contributed by atoms with E-state index in [4.69, 9.17) is 4.74 Å². The average molecular weight is 254 g/mol. The summed E-state index contributed by atoms with van der Waals surface area (Å²) >= 11 is 0. The zero-order chi connectivity index (χ0) is 13.5. The molecule has 0 aromatic heterocycles. The van der Waals surface area contributed by atoms with E-state index in [0.717, 1.165) is 6.61 Å². The predicted molar refractivity (Wildman–Crippen MR) is 78.8 cm³/mol. The maximum atomic E-state index is 6.12. The van der Waals surface area contributed by atoms with Crippen LogP contribution in [0.15, 0.2) is 54.1 Å². The van der Waals surface area contributed by atoms with E-state index in [2.05, 4.69) is 69.3 Å². The monoisotopic (exact) mass is 254 g/mol. The summed E-state index contributed by atoms with van der Waals surface area (Å²) in [5.41, 5.74) is 2.83. The van der Waals surface area contributed by atoms with Gasteiger partial charge in [-0.1, -0.05) is 69.3 Å². The molecule has 19 heavy (non-hydrogen) atoms. The normalized spacial score (nSPS) is 33.4. The maximum Gasteiger partial charge on any atom is 0.0919 e. The molecular formula is C18H22O. The minimum atomic E-state index is 0.0970. The van der Waals surface area contributed by atoms with Gasteiger partial charge in [0.2, 0.25) is 0 Å². The fourth-order valence-electron chi connectivity index (χ4n) is 3.22. The van der Waals surface area contributed by atoms with Crippen molar-refractivity contribution in [2.45, 2.75) is 26.9 Å².